The van der Waals surface area contributed by atoms with Gasteiger partial charge in [-0.2, -0.15) is 0 Å². The van der Waals surface area contributed by atoms with Crippen molar-refractivity contribution in [3.05, 3.63) is 65.2 Å². The highest BCUT2D eigenvalue weighted by atomic mass is 16.5. The molecule has 1 saturated heterocycles. The highest BCUT2D eigenvalue weighted by Gasteiger charge is 2.22. The van der Waals surface area contributed by atoms with E-state index >= 15 is 0 Å². The SMILES string of the molecule is CC(C)CN1CCOC(CNC(=O)c2ccc(N3CCc4ccccc4C3)cc2)C1. The van der Waals surface area contributed by atoms with Crippen molar-refractivity contribution in [2.24, 2.45) is 5.92 Å². The molecule has 1 N–H and O–H groups in total. The number of morpholine rings is 1. The molecule has 1 fully saturated rings. The molecule has 0 aliphatic carbocycles. The molecule has 5 heteroatoms. The summed E-state index contributed by atoms with van der Waals surface area (Å²) in [6, 6.07) is 16.6. The van der Waals surface area contributed by atoms with E-state index in [1.165, 1.54) is 16.8 Å². The zero-order chi connectivity index (χ0) is 20.9. The van der Waals surface area contributed by atoms with Gasteiger partial charge in [-0.25, -0.2) is 0 Å². The number of fused-ring (bicyclic) bond motifs is 1. The van der Waals surface area contributed by atoms with Crippen LogP contribution in [0.4, 0.5) is 5.69 Å². The second kappa shape index (κ2) is 9.63. The van der Waals surface area contributed by atoms with Crippen molar-refractivity contribution in [3.63, 3.8) is 0 Å². The summed E-state index contributed by atoms with van der Waals surface area (Å²) >= 11 is 0. The molecule has 2 heterocycles. The molecule has 0 saturated carbocycles. The number of benzene rings is 2. The van der Waals surface area contributed by atoms with Crippen molar-refractivity contribution in [2.75, 3.05) is 44.2 Å². The van der Waals surface area contributed by atoms with Crippen LogP contribution in [0.5, 0.6) is 0 Å². The van der Waals surface area contributed by atoms with E-state index in [4.69, 9.17) is 4.74 Å². The second-order valence-electron chi connectivity index (χ2n) is 8.84. The molecule has 30 heavy (non-hydrogen) atoms. The smallest absolute Gasteiger partial charge is 0.251 e. The molecular weight excluding hydrogens is 374 g/mol. The number of hydrogen-bond acceptors (Lipinski definition) is 4. The van der Waals surface area contributed by atoms with Gasteiger partial charge in [0.25, 0.3) is 5.91 Å². The fraction of sp³-hybridized carbons (Fsp3) is 0.480. The Bertz CT molecular complexity index is 850. The van der Waals surface area contributed by atoms with Gasteiger partial charge in [0.05, 0.1) is 12.7 Å². The first-order valence-electron chi connectivity index (χ1n) is 11.1. The zero-order valence-electron chi connectivity index (χ0n) is 18.1. The van der Waals surface area contributed by atoms with Crippen molar-refractivity contribution in [3.8, 4) is 0 Å². The van der Waals surface area contributed by atoms with E-state index in [9.17, 15) is 4.79 Å². The molecule has 4 rings (SSSR count). The van der Waals surface area contributed by atoms with Crippen LogP contribution in [0, 0.1) is 5.92 Å². The van der Waals surface area contributed by atoms with Gasteiger partial charge in [-0.05, 0) is 47.7 Å². The largest absolute Gasteiger partial charge is 0.374 e. The van der Waals surface area contributed by atoms with Crippen molar-refractivity contribution in [2.45, 2.75) is 32.9 Å². The molecule has 0 radical (unpaired) electrons. The molecule has 2 aromatic carbocycles. The van der Waals surface area contributed by atoms with E-state index in [0.717, 1.165) is 45.8 Å². The van der Waals surface area contributed by atoms with Crippen LogP contribution < -0.4 is 10.2 Å². The number of nitrogens with zero attached hydrogens (tertiary/aromatic N) is 2. The number of hydrogen-bond donors (Lipinski definition) is 1. The summed E-state index contributed by atoms with van der Waals surface area (Å²) in [6.07, 6.45) is 1.13. The van der Waals surface area contributed by atoms with Gasteiger partial charge in [0.15, 0.2) is 0 Å². The van der Waals surface area contributed by atoms with Gasteiger partial charge in [0, 0.05) is 50.5 Å². The molecule has 1 unspecified atom stereocenters. The van der Waals surface area contributed by atoms with E-state index in [2.05, 4.69) is 65.4 Å². The van der Waals surface area contributed by atoms with Crippen molar-refractivity contribution in [1.82, 2.24) is 10.2 Å². The van der Waals surface area contributed by atoms with Gasteiger partial charge < -0.3 is 15.0 Å². The molecule has 1 amide bonds. The van der Waals surface area contributed by atoms with Crippen molar-refractivity contribution in [1.29, 1.82) is 0 Å². The highest BCUT2D eigenvalue weighted by Crippen LogP contribution is 2.24. The number of rotatable bonds is 6. The van der Waals surface area contributed by atoms with Gasteiger partial charge in [0.2, 0.25) is 0 Å². The summed E-state index contributed by atoms with van der Waals surface area (Å²) in [4.78, 5) is 17.4. The maximum atomic E-state index is 12.6. The number of amides is 1. The minimum absolute atomic E-state index is 0.0323. The Kier molecular flexibility index (Phi) is 6.70. The van der Waals surface area contributed by atoms with Crippen LogP contribution in [0.25, 0.3) is 0 Å². The molecular formula is C25H33N3O2. The van der Waals surface area contributed by atoms with Gasteiger partial charge in [-0.1, -0.05) is 38.1 Å². The monoisotopic (exact) mass is 407 g/mol. The molecule has 1 atom stereocenters. The van der Waals surface area contributed by atoms with Crippen molar-refractivity contribution < 1.29 is 9.53 Å². The lowest BCUT2D eigenvalue weighted by Gasteiger charge is -2.34. The number of nitrogens with one attached hydrogen (secondary N) is 1. The van der Waals surface area contributed by atoms with E-state index in [1.54, 1.807) is 0 Å². The summed E-state index contributed by atoms with van der Waals surface area (Å²) in [6.45, 7) is 10.6. The lowest BCUT2D eigenvalue weighted by Crippen LogP contribution is -2.48. The quantitative estimate of drug-likeness (QED) is 0.798. The molecule has 2 aliphatic rings. The Morgan fingerprint density at radius 2 is 1.87 bits per heavy atom. The predicted molar refractivity (Wildman–Crippen MR) is 121 cm³/mol. The van der Waals surface area contributed by atoms with Gasteiger partial charge in [0.1, 0.15) is 0 Å². The lowest BCUT2D eigenvalue weighted by molar-refractivity contribution is -0.0295. The molecule has 2 aromatic rings. The van der Waals surface area contributed by atoms with Crippen LogP contribution in [-0.4, -0.2) is 56.2 Å². The molecule has 0 spiro atoms. The van der Waals surface area contributed by atoms with Crippen LogP contribution in [0.1, 0.15) is 35.3 Å². The Morgan fingerprint density at radius 1 is 1.10 bits per heavy atom. The van der Waals surface area contributed by atoms with Crippen LogP contribution in [-0.2, 0) is 17.7 Å². The first-order chi connectivity index (χ1) is 14.6. The van der Waals surface area contributed by atoms with Crippen LogP contribution in [0.2, 0.25) is 0 Å². The van der Waals surface area contributed by atoms with Gasteiger partial charge >= 0.3 is 0 Å². The number of ether oxygens (including phenoxy) is 1. The predicted octanol–water partition coefficient (Wildman–Crippen LogP) is 3.34. The fourth-order valence-corrected chi connectivity index (χ4v) is 4.43. The molecule has 160 valence electrons. The minimum Gasteiger partial charge on any atom is -0.374 e. The average molecular weight is 408 g/mol. The normalized spacial score (nSPS) is 19.6. The zero-order valence-corrected chi connectivity index (χ0v) is 18.1. The molecule has 0 aromatic heterocycles. The maximum absolute atomic E-state index is 12.6. The number of carbonyl (C=O) groups is 1. The third-order valence-corrected chi connectivity index (χ3v) is 5.96. The Morgan fingerprint density at radius 3 is 2.63 bits per heavy atom. The third-order valence-electron chi connectivity index (χ3n) is 5.96. The summed E-state index contributed by atoms with van der Waals surface area (Å²) < 4.78 is 5.84. The third kappa shape index (κ3) is 5.21. The second-order valence-corrected chi connectivity index (χ2v) is 8.84. The number of carbonyl (C=O) groups excluding carboxylic acids is 1. The van der Waals surface area contributed by atoms with E-state index in [0.29, 0.717) is 18.0 Å². The van der Waals surface area contributed by atoms with Crippen molar-refractivity contribution >= 4 is 11.6 Å². The first kappa shape index (κ1) is 20.9. The van der Waals surface area contributed by atoms with Crippen LogP contribution in [0.15, 0.2) is 48.5 Å². The minimum atomic E-state index is -0.0323. The molecule has 2 aliphatic heterocycles. The summed E-state index contributed by atoms with van der Waals surface area (Å²) in [5.41, 5.74) is 4.71. The molecule has 5 nitrogen and oxygen atoms in total. The van der Waals surface area contributed by atoms with Gasteiger partial charge in [-0.3, -0.25) is 9.69 Å². The summed E-state index contributed by atoms with van der Waals surface area (Å²) in [5, 5.41) is 3.05. The average Bonchev–Trinajstić information content (AvgIpc) is 2.77. The summed E-state index contributed by atoms with van der Waals surface area (Å²) in [7, 11) is 0. The Hall–Kier alpha value is -2.37. The lowest BCUT2D eigenvalue weighted by atomic mass is 9.99. The van der Waals surface area contributed by atoms with E-state index in [1.807, 2.05) is 12.1 Å². The highest BCUT2D eigenvalue weighted by molar-refractivity contribution is 5.94. The first-order valence-corrected chi connectivity index (χ1v) is 11.1. The number of anilines is 1. The Balaban J connectivity index is 1.29. The Labute approximate surface area is 180 Å². The molecule has 0 bridgehead atoms. The topological polar surface area (TPSA) is 44.8 Å². The van der Waals surface area contributed by atoms with E-state index < -0.39 is 0 Å². The van der Waals surface area contributed by atoms with Crippen LogP contribution in [0.3, 0.4) is 0 Å². The van der Waals surface area contributed by atoms with E-state index in [-0.39, 0.29) is 12.0 Å². The van der Waals surface area contributed by atoms with Gasteiger partial charge in [-0.15, -0.1) is 0 Å². The summed E-state index contributed by atoms with van der Waals surface area (Å²) in [5.74, 6) is 0.611. The fourth-order valence-electron chi connectivity index (χ4n) is 4.43. The van der Waals surface area contributed by atoms with Crippen LogP contribution >= 0.6 is 0 Å². The maximum Gasteiger partial charge on any atom is 0.251 e. The standard InChI is InChI=1S/C25H33N3O2/c1-19(2)16-27-13-14-30-24(18-27)15-26-25(29)21-7-9-23(10-8-21)28-12-11-20-5-3-4-6-22(20)17-28/h3-10,19,24H,11-18H2,1-2H3,(H,26,29).